The summed E-state index contributed by atoms with van der Waals surface area (Å²) in [6.45, 7) is 1.97. The second-order valence-corrected chi connectivity index (χ2v) is 6.53. The van der Waals surface area contributed by atoms with Crippen LogP contribution < -0.4 is 19.5 Å². The van der Waals surface area contributed by atoms with E-state index in [1.54, 1.807) is 57.7 Å². The molecule has 7 nitrogen and oxygen atoms in total. The largest absolute Gasteiger partial charge is 0.493 e. The highest BCUT2D eigenvalue weighted by Crippen LogP contribution is 2.42. The number of anilines is 1. The Morgan fingerprint density at radius 2 is 1.76 bits per heavy atom. The maximum absolute atomic E-state index is 12.8. The molecule has 3 rings (SSSR count). The SMILES string of the molecule is CCc1[nH]nc(-c2cc(OC)c(OC)c(OC)c2)c1NC(=O)c1ccccc1Cl. The van der Waals surface area contributed by atoms with E-state index in [-0.39, 0.29) is 5.91 Å². The van der Waals surface area contributed by atoms with Crippen LogP contribution >= 0.6 is 11.6 Å². The van der Waals surface area contributed by atoms with Crippen LogP contribution in [0.3, 0.4) is 0 Å². The third-order valence-corrected chi connectivity index (χ3v) is 4.82. The van der Waals surface area contributed by atoms with Gasteiger partial charge in [-0.3, -0.25) is 9.89 Å². The van der Waals surface area contributed by atoms with E-state index in [1.165, 1.54) is 0 Å². The molecule has 0 saturated carbocycles. The normalized spacial score (nSPS) is 10.5. The van der Waals surface area contributed by atoms with Gasteiger partial charge >= 0.3 is 0 Å². The van der Waals surface area contributed by atoms with Crippen LogP contribution in [0.4, 0.5) is 5.69 Å². The van der Waals surface area contributed by atoms with Gasteiger partial charge in [0.15, 0.2) is 11.5 Å². The Bertz CT molecular complexity index is 1010. The van der Waals surface area contributed by atoms with E-state index in [1.807, 2.05) is 6.92 Å². The van der Waals surface area contributed by atoms with Crippen molar-refractivity contribution in [2.45, 2.75) is 13.3 Å². The number of hydrogen-bond donors (Lipinski definition) is 2. The molecule has 0 aliphatic rings. The molecule has 3 aromatic rings. The molecular weight excluding hydrogens is 394 g/mol. The quantitative estimate of drug-likeness (QED) is 0.590. The van der Waals surface area contributed by atoms with Gasteiger partial charge in [0.2, 0.25) is 5.75 Å². The molecule has 0 saturated heterocycles. The molecule has 2 N–H and O–H groups in total. The molecule has 29 heavy (non-hydrogen) atoms. The average Bonchev–Trinajstić information content (AvgIpc) is 3.15. The molecule has 0 atom stereocenters. The average molecular weight is 416 g/mol. The number of ether oxygens (including phenoxy) is 3. The molecule has 0 radical (unpaired) electrons. The number of hydrogen-bond acceptors (Lipinski definition) is 5. The summed E-state index contributed by atoms with van der Waals surface area (Å²) in [5.74, 6) is 1.14. The highest BCUT2D eigenvalue weighted by molar-refractivity contribution is 6.34. The number of rotatable bonds is 7. The number of aromatic amines is 1. The zero-order valence-corrected chi connectivity index (χ0v) is 17.4. The van der Waals surface area contributed by atoms with E-state index >= 15 is 0 Å². The van der Waals surface area contributed by atoms with E-state index in [2.05, 4.69) is 15.5 Å². The number of halogens is 1. The highest BCUT2D eigenvalue weighted by atomic mass is 35.5. The Hall–Kier alpha value is -3.19. The smallest absolute Gasteiger partial charge is 0.257 e. The number of methoxy groups -OCH3 is 3. The summed E-state index contributed by atoms with van der Waals surface area (Å²) >= 11 is 6.17. The van der Waals surface area contributed by atoms with Crippen molar-refractivity contribution >= 4 is 23.2 Å². The summed E-state index contributed by atoms with van der Waals surface area (Å²) in [6, 6.07) is 10.4. The van der Waals surface area contributed by atoms with Crippen LogP contribution in [0.25, 0.3) is 11.3 Å². The molecule has 1 amide bonds. The lowest BCUT2D eigenvalue weighted by atomic mass is 10.1. The number of aromatic nitrogens is 2. The zero-order chi connectivity index (χ0) is 21.0. The lowest BCUT2D eigenvalue weighted by Crippen LogP contribution is -2.13. The predicted molar refractivity (Wildman–Crippen MR) is 112 cm³/mol. The molecule has 0 bridgehead atoms. The number of nitrogens with zero attached hydrogens (tertiary/aromatic N) is 1. The molecule has 1 heterocycles. The van der Waals surface area contributed by atoms with E-state index in [0.29, 0.717) is 51.2 Å². The van der Waals surface area contributed by atoms with Crippen LogP contribution in [0, 0.1) is 0 Å². The van der Waals surface area contributed by atoms with Crippen molar-refractivity contribution in [3.8, 4) is 28.5 Å². The molecule has 0 aliphatic heterocycles. The number of carbonyl (C=O) groups is 1. The first-order valence-electron chi connectivity index (χ1n) is 8.97. The minimum atomic E-state index is -0.319. The monoisotopic (exact) mass is 415 g/mol. The lowest BCUT2D eigenvalue weighted by Gasteiger charge is -2.14. The Balaban J connectivity index is 2.08. The van der Waals surface area contributed by atoms with E-state index in [0.717, 1.165) is 5.69 Å². The topological polar surface area (TPSA) is 85.5 Å². The second-order valence-electron chi connectivity index (χ2n) is 6.13. The van der Waals surface area contributed by atoms with Crippen molar-refractivity contribution < 1.29 is 19.0 Å². The third kappa shape index (κ3) is 4.00. The first-order chi connectivity index (χ1) is 14.0. The Morgan fingerprint density at radius 3 is 2.31 bits per heavy atom. The van der Waals surface area contributed by atoms with Crippen molar-refractivity contribution in [2.24, 2.45) is 0 Å². The highest BCUT2D eigenvalue weighted by Gasteiger charge is 2.21. The van der Waals surface area contributed by atoms with E-state index in [4.69, 9.17) is 25.8 Å². The van der Waals surface area contributed by atoms with Crippen molar-refractivity contribution in [3.63, 3.8) is 0 Å². The van der Waals surface area contributed by atoms with Gasteiger partial charge in [0.25, 0.3) is 5.91 Å². The number of carbonyl (C=O) groups excluding carboxylic acids is 1. The number of benzene rings is 2. The third-order valence-electron chi connectivity index (χ3n) is 4.49. The number of amides is 1. The van der Waals surface area contributed by atoms with Crippen LogP contribution in [0.2, 0.25) is 5.02 Å². The summed E-state index contributed by atoms with van der Waals surface area (Å²) in [7, 11) is 4.63. The molecule has 0 spiro atoms. The van der Waals surface area contributed by atoms with Gasteiger partial charge < -0.3 is 19.5 Å². The van der Waals surface area contributed by atoms with Crippen LogP contribution in [-0.2, 0) is 6.42 Å². The molecule has 2 aromatic carbocycles. The van der Waals surface area contributed by atoms with Gasteiger partial charge in [0, 0.05) is 5.56 Å². The lowest BCUT2D eigenvalue weighted by molar-refractivity contribution is 0.102. The summed E-state index contributed by atoms with van der Waals surface area (Å²) in [6.07, 6.45) is 0.648. The molecule has 0 fully saturated rings. The van der Waals surface area contributed by atoms with Gasteiger partial charge in [-0.2, -0.15) is 5.10 Å². The number of aryl methyl sites for hydroxylation is 1. The fourth-order valence-corrected chi connectivity index (χ4v) is 3.24. The molecule has 0 aliphatic carbocycles. The number of H-pyrrole nitrogens is 1. The van der Waals surface area contributed by atoms with Crippen LogP contribution in [0.5, 0.6) is 17.2 Å². The van der Waals surface area contributed by atoms with Gasteiger partial charge in [-0.15, -0.1) is 0 Å². The van der Waals surface area contributed by atoms with Crippen LogP contribution in [0.15, 0.2) is 36.4 Å². The maximum Gasteiger partial charge on any atom is 0.257 e. The summed E-state index contributed by atoms with van der Waals surface area (Å²) in [5, 5.41) is 10.7. The first-order valence-corrected chi connectivity index (χ1v) is 9.35. The summed E-state index contributed by atoms with van der Waals surface area (Å²) in [5.41, 5.74) is 3.00. The van der Waals surface area contributed by atoms with Crippen LogP contribution in [0.1, 0.15) is 23.0 Å². The maximum atomic E-state index is 12.8. The van der Waals surface area contributed by atoms with Crippen molar-refractivity contribution in [1.29, 1.82) is 0 Å². The molecule has 0 unspecified atom stereocenters. The molecule has 1 aromatic heterocycles. The molecular formula is C21H22ClN3O4. The Morgan fingerprint density at radius 1 is 1.10 bits per heavy atom. The van der Waals surface area contributed by atoms with Crippen molar-refractivity contribution in [2.75, 3.05) is 26.6 Å². The summed E-state index contributed by atoms with van der Waals surface area (Å²) < 4.78 is 16.2. The minimum Gasteiger partial charge on any atom is -0.493 e. The summed E-state index contributed by atoms with van der Waals surface area (Å²) in [4.78, 5) is 12.8. The second kappa shape index (κ2) is 8.87. The fraction of sp³-hybridized carbons (Fsp3) is 0.238. The van der Waals surface area contributed by atoms with Gasteiger partial charge in [-0.1, -0.05) is 30.7 Å². The standard InChI is InChI=1S/C21H22ClN3O4/c1-5-15-19(23-21(26)13-8-6-7-9-14(13)22)18(25-24-15)12-10-16(27-2)20(29-4)17(11-12)28-3/h6-11H,5H2,1-4H3,(H,23,26)(H,24,25). The van der Waals surface area contributed by atoms with Gasteiger partial charge in [0.1, 0.15) is 5.69 Å². The first kappa shape index (κ1) is 20.5. The van der Waals surface area contributed by atoms with Crippen LogP contribution in [-0.4, -0.2) is 37.4 Å². The van der Waals surface area contributed by atoms with Crippen molar-refractivity contribution in [3.05, 3.63) is 52.7 Å². The number of nitrogens with one attached hydrogen (secondary N) is 2. The minimum absolute atomic E-state index is 0.319. The van der Waals surface area contributed by atoms with Crippen molar-refractivity contribution in [1.82, 2.24) is 10.2 Å². The molecule has 152 valence electrons. The molecule has 8 heteroatoms. The van der Waals surface area contributed by atoms with E-state index < -0.39 is 0 Å². The zero-order valence-electron chi connectivity index (χ0n) is 16.6. The van der Waals surface area contributed by atoms with Gasteiger partial charge in [-0.25, -0.2) is 0 Å². The van der Waals surface area contributed by atoms with E-state index in [9.17, 15) is 4.79 Å². The Labute approximate surface area is 173 Å². The predicted octanol–water partition coefficient (Wildman–Crippen LogP) is 4.57. The fourth-order valence-electron chi connectivity index (χ4n) is 3.02. The van der Waals surface area contributed by atoms with Gasteiger partial charge in [0.05, 0.1) is 43.3 Å². The van der Waals surface area contributed by atoms with Gasteiger partial charge in [-0.05, 0) is 30.7 Å². The Kier molecular flexibility index (Phi) is 6.29.